The first-order valence-electron chi connectivity index (χ1n) is 13.3. The maximum absolute atomic E-state index is 14.2. The van der Waals surface area contributed by atoms with Crippen molar-refractivity contribution >= 4 is 39.8 Å². The van der Waals surface area contributed by atoms with E-state index in [0.29, 0.717) is 36.6 Å². The molecule has 0 radical (unpaired) electrons. The van der Waals surface area contributed by atoms with Crippen molar-refractivity contribution in [3.05, 3.63) is 58.9 Å². The summed E-state index contributed by atoms with van der Waals surface area (Å²) in [5.41, 5.74) is 3.59. The maximum atomic E-state index is 14.2. The molecular weight excluding hydrogens is 528 g/mol. The summed E-state index contributed by atoms with van der Waals surface area (Å²) in [6, 6.07) is 11.4. The van der Waals surface area contributed by atoms with E-state index in [4.69, 9.17) is 18.9 Å². The molecule has 0 spiro atoms. The van der Waals surface area contributed by atoms with E-state index in [1.54, 1.807) is 19.1 Å². The molecule has 1 aliphatic heterocycles. The minimum atomic E-state index is -1.03. The number of benzene rings is 2. The zero-order valence-corrected chi connectivity index (χ0v) is 23.8. The predicted octanol–water partition coefficient (Wildman–Crippen LogP) is 4.68. The summed E-state index contributed by atoms with van der Waals surface area (Å²) in [4.78, 5) is 47.3. The first-order valence-corrected chi connectivity index (χ1v) is 13.3. The summed E-state index contributed by atoms with van der Waals surface area (Å²) < 4.78 is 20.6. The number of aromatic nitrogens is 2. The molecule has 2 amide bonds. The SMILES string of the molecule is COC(=O)NCCc1c(C(=O)C[C@@]2(C)c3[nH]c4cc(OC)ccc4c3CCN2C(=O)OC)[nH]c2cc(OC)ccc12. The molecular formula is C30H34N4O7. The van der Waals surface area contributed by atoms with E-state index in [1.165, 1.54) is 14.2 Å². The van der Waals surface area contributed by atoms with Gasteiger partial charge in [-0.15, -0.1) is 0 Å². The summed E-state index contributed by atoms with van der Waals surface area (Å²) in [5, 5.41) is 4.55. The molecule has 0 unspecified atom stereocenters. The number of fused-ring (bicyclic) bond motifs is 4. The maximum Gasteiger partial charge on any atom is 0.410 e. The number of Topliss-reactive ketones (excluding diaryl/α,β-unsaturated/α-hetero) is 1. The Balaban J connectivity index is 1.58. The van der Waals surface area contributed by atoms with Gasteiger partial charge in [0.1, 0.15) is 11.5 Å². The van der Waals surface area contributed by atoms with Gasteiger partial charge in [-0.3, -0.25) is 9.69 Å². The van der Waals surface area contributed by atoms with Crippen LogP contribution in [0.1, 0.15) is 40.7 Å². The summed E-state index contributed by atoms with van der Waals surface area (Å²) in [6.45, 7) is 2.55. The third-order valence-corrected chi connectivity index (χ3v) is 7.95. The number of rotatable bonds is 8. The Labute approximate surface area is 237 Å². The van der Waals surface area contributed by atoms with Gasteiger partial charge in [-0.05, 0) is 55.2 Å². The Hall–Kier alpha value is -4.67. The van der Waals surface area contributed by atoms with Gasteiger partial charge in [-0.1, -0.05) is 0 Å². The molecule has 3 N–H and O–H groups in total. The molecule has 0 saturated carbocycles. The number of amides is 2. The fourth-order valence-electron chi connectivity index (χ4n) is 5.90. The van der Waals surface area contributed by atoms with E-state index >= 15 is 0 Å². The van der Waals surface area contributed by atoms with Crippen LogP contribution in [0.15, 0.2) is 36.4 Å². The van der Waals surface area contributed by atoms with Crippen LogP contribution in [0.2, 0.25) is 0 Å². The molecule has 0 aliphatic carbocycles. The van der Waals surface area contributed by atoms with Gasteiger partial charge in [0, 0.05) is 59.1 Å². The van der Waals surface area contributed by atoms with Crippen LogP contribution in [0, 0.1) is 0 Å². The fraction of sp³-hybridized carbons (Fsp3) is 0.367. The Morgan fingerprint density at radius 3 is 2.22 bits per heavy atom. The lowest BCUT2D eigenvalue weighted by molar-refractivity contribution is 0.0513. The number of ether oxygens (including phenoxy) is 4. The number of methoxy groups -OCH3 is 4. The molecule has 0 bridgehead atoms. The van der Waals surface area contributed by atoms with Crippen LogP contribution in [-0.2, 0) is 27.9 Å². The van der Waals surface area contributed by atoms with Crippen molar-refractivity contribution in [2.45, 2.75) is 31.7 Å². The molecule has 2 aromatic heterocycles. The summed E-state index contributed by atoms with van der Waals surface area (Å²) in [7, 11) is 5.83. The summed E-state index contributed by atoms with van der Waals surface area (Å²) in [6.07, 6.45) is -0.0773. The van der Waals surface area contributed by atoms with Crippen LogP contribution in [0.3, 0.4) is 0 Å². The number of nitrogens with one attached hydrogen (secondary N) is 3. The standard InChI is InChI=1S/C30H34N4O7/c1-30(27-22(11-13-34(30)29(37)41-5)20-9-7-18(39-3)15-24(20)33-27)16-25(35)26-21(10-12-31-28(36)40-4)19-8-6-17(38-2)14-23(19)32-26/h6-9,14-15,32-33H,10-13,16H2,1-5H3,(H,31,36)/t30-/m0/s1. The van der Waals surface area contributed by atoms with Crippen molar-refractivity contribution in [3.63, 3.8) is 0 Å². The van der Waals surface area contributed by atoms with Crippen LogP contribution in [0.4, 0.5) is 9.59 Å². The molecule has 5 rings (SSSR count). The molecule has 41 heavy (non-hydrogen) atoms. The van der Waals surface area contributed by atoms with Gasteiger partial charge in [-0.2, -0.15) is 0 Å². The smallest absolute Gasteiger partial charge is 0.410 e. The number of aromatic amines is 2. The number of hydrogen-bond acceptors (Lipinski definition) is 7. The quantitative estimate of drug-likeness (QED) is 0.266. The number of ketones is 1. The lowest BCUT2D eigenvalue weighted by atomic mass is 9.82. The van der Waals surface area contributed by atoms with Gasteiger partial charge in [0.2, 0.25) is 0 Å². The van der Waals surface area contributed by atoms with E-state index in [0.717, 1.165) is 38.6 Å². The average Bonchev–Trinajstić information content (AvgIpc) is 3.55. The molecule has 1 atom stereocenters. The molecule has 3 heterocycles. The van der Waals surface area contributed by atoms with Crippen LogP contribution in [0.5, 0.6) is 11.5 Å². The van der Waals surface area contributed by atoms with E-state index in [9.17, 15) is 14.4 Å². The molecule has 2 aromatic carbocycles. The largest absolute Gasteiger partial charge is 0.497 e. The van der Waals surface area contributed by atoms with Crippen molar-refractivity contribution in [2.24, 2.45) is 0 Å². The Morgan fingerprint density at radius 2 is 1.59 bits per heavy atom. The molecule has 11 heteroatoms. The van der Waals surface area contributed by atoms with E-state index in [2.05, 4.69) is 15.3 Å². The van der Waals surface area contributed by atoms with E-state index in [-0.39, 0.29) is 18.7 Å². The Morgan fingerprint density at radius 1 is 0.927 bits per heavy atom. The zero-order valence-electron chi connectivity index (χ0n) is 23.8. The highest BCUT2D eigenvalue weighted by atomic mass is 16.5. The molecule has 4 aromatic rings. The lowest BCUT2D eigenvalue weighted by Crippen LogP contribution is -2.52. The van der Waals surface area contributed by atoms with Crippen molar-refractivity contribution in [1.29, 1.82) is 0 Å². The number of carbonyl (C=O) groups is 3. The second kappa shape index (κ2) is 11.1. The van der Waals surface area contributed by atoms with Crippen molar-refractivity contribution in [2.75, 3.05) is 41.5 Å². The number of H-pyrrole nitrogens is 2. The third-order valence-electron chi connectivity index (χ3n) is 7.95. The first kappa shape index (κ1) is 27.9. The van der Waals surface area contributed by atoms with Gasteiger partial charge in [0.15, 0.2) is 5.78 Å². The highest BCUT2D eigenvalue weighted by molar-refractivity contribution is 6.03. The molecule has 0 saturated heterocycles. The highest BCUT2D eigenvalue weighted by Crippen LogP contribution is 2.43. The monoisotopic (exact) mass is 562 g/mol. The summed E-state index contributed by atoms with van der Waals surface area (Å²) in [5.74, 6) is 1.16. The molecule has 1 aliphatic rings. The molecule has 0 fully saturated rings. The normalized spacial score (nSPS) is 16.4. The summed E-state index contributed by atoms with van der Waals surface area (Å²) >= 11 is 0. The van der Waals surface area contributed by atoms with Crippen LogP contribution in [-0.4, -0.2) is 74.4 Å². The van der Waals surface area contributed by atoms with Gasteiger partial charge in [0.05, 0.1) is 39.7 Å². The minimum Gasteiger partial charge on any atom is -0.497 e. The van der Waals surface area contributed by atoms with Crippen molar-refractivity contribution in [3.8, 4) is 11.5 Å². The second-order valence-electron chi connectivity index (χ2n) is 10.2. The third kappa shape index (κ3) is 4.92. The average molecular weight is 563 g/mol. The van der Waals surface area contributed by atoms with Crippen LogP contribution >= 0.6 is 0 Å². The highest BCUT2D eigenvalue weighted by Gasteiger charge is 2.46. The van der Waals surface area contributed by atoms with Gasteiger partial charge in [0.25, 0.3) is 0 Å². The predicted molar refractivity (Wildman–Crippen MR) is 153 cm³/mol. The number of carbonyl (C=O) groups excluding carboxylic acids is 3. The van der Waals surface area contributed by atoms with Gasteiger partial charge < -0.3 is 34.2 Å². The zero-order chi connectivity index (χ0) is 29.3. The van der Waals surface area contributed by atoms with Gasteiger partial charge in [-0.25, -0.2) is 9.59 Å². The van der Waals surface area contributed by atoms with Gasteiger partial charge >= 0.3 is 12.2 Å². The van der Waals surface area contributed by atoms with Crippen LogP contribution in [0.25, 0.3) is 21.8 Å². The minimum absolute atomic E-state index is 0.0134. The van der Waals surface area contributed by atoms with E-state index in [1.807, 2.05) is 43.3 Å². The lowest BCUT2D eigenvalue weighted by Gasteiger charge is -2.43. The van der Waals surface area contributed by atoms with E-state index < -0.39 is 17.7 Å². The fourth-order valence-corrected chi connectivity index (χ4v) is 5.90. The van der Waals surface area contributed by atoms with Crippen molar-refractivity contribution in [1.82, 2.24) is 20.2 Å². The Kier molecular flexibility index (Phi) is 7.53. The molecule has 11 nitrogen and oxygen atoms in total. The number of alkyl carbamates (subject to hydrolysis) is 1. The van der Waals surface area contributed by atoms with Crippen LogP contribution < -0.4 is 14.8 Å². The molecule has 216 valence electrons. The first-order chi connectivity index (χ1) is 19.7. The Bertz CT molecular complexity index is 1640. The second-order valence-corrected chi connectivity index (χ2v) is 10.2. The topological polar surface area (TPSA) is 135 Å². The van der Waals surface area contributed by atoms with Crippen molar-refractivity contribution < 1.29 is 33.3 Å². The number of hydrogen-bond donors (Lipinski definition) is 3. The number of nitrogens with zero attached hydrogens (tertiary/aromatic N) is 1.